The number of hydrogen-bond acceptors (Lipinski definition) is 4. The number of hydrogen-bond donors (Lipinski definition) is 0. The van der Waals surface area contributed by atoms with Gasteiger partial charge in [0.2, 0.25) is 0 Å². The van der Waals surface area contributed by atoms with Gasteiger partial charge in [0.25, 0.3) is 0 Å². The number of rotatable bonds is 3. The van der Waals surface area contributed by atoms with Crippen molar-refractivity contribution in [3.05, 3.63) is 0 Å². The minimum Gasteiger partial charge on any atom is -0.469 e. The van der Waals surface area contributed by atoms with Crippen LogP contribution in [0.2, 0.25) is 0 Å². The Hall–Kier alpha value is -1.26. The molecular formula is C17H29NO4. The molecule has 0 aromatic heterocycles. The Bertz CT molecular complexity index is 403. The van der Waals surface area contributed by atoms with Crippen LogP contribution in [-0.2, 0) is 14.3 Å². The number of amides is 1. The summed E-state index contributed by atoms with van der Waals surface area (Å²) in [5, 5.41) is 0. The van der Waals surface area contributed by atoms with Gasteiger partial charge >= 0.3 is 12.1 Å². The van der Waals surface area contributed by atoms with Crippen LogP contribution in [0.25, 0.3) is 0 Å². The van der Waals surface area contributed by atoms with E-state index < -0.39 is 5.60 Å². The van der Waals surface area contributed by atoms with Crippen molar-refractivity contribution in [3.63, 3.8) is 0 Å². The van der Waals surface area contributed by atoms with Gasteiger partial charge in [0, 0.05) is 12.1 Å². The monoisotopic (exact) mass is 311 g/mol. The van der Waals surface area contributed by atoms with E-state index >= 15 is 0 Å². The van der Waals surface area contributed by atoms with Crippen molar-refractivity contribution in [2.24, 2.45) is 5.92 Å². The largest absolute Gasteiger partial charge is 0.469 e. The van der Waals surface area contributed by atoms with Crippen molar-refractivity contribution >= 4 is 12.1 Å². The molecule has 5 heteroatoms. The molecule has 0 radical (unpaired) electrons. The normalized spacial score (nSPS) is 26.0. The molecule has 0 heterocycles. The maximum atomic E-state index is 12.6. The highest BCUT2D eigenvalue weighted by atomic mass is 16.6. The molecule has 0 aromatic carbocycles. The molecule has 2 rings (SSSR count). The van der Waals surface area contributed by atoms with Crippen molar-refractivity contribution in [2.75, 3.05) is 7.11 Å². The van der Waals surface area contributed by atoms with E-state index in [1.54, 1.807) is 0 Å². The van der Waals surface area contributed by atoms with Gasteiger partial charge in [-0.25, -0.2) is 4.79 Å². The van der Waals surface area contributed by atoms with E-state index in [0.29, 0.717) is 12.8 Å². The van der Waals surface area contributed by atoms with Gasteiger partial charge in [-0.15, -0.1) is 0 Å². The van der Waals surface area contributed by atoms with Crippen LogP contribution in [0.15, 0.2) is 0 Å². The van der Waals surface area contributed by atoms with E-state index in [-0.39, 0.29) is 30.1 Å². The molecule has 0 spiro atoms. The second kappa shape index (κ2) is 6.88. The fraction of sp³-hybridized carbons (Fsp3) is 0.882. The molecule has 0 bridgehead atoms. The molecule has 2 fully saturated rings. The Morgan fingerprint density at radius 1 is 1.00 bits per heavy atom. The van der Waals surface area contributed by atoms with E-state index in [4.69, 9.17) is 9.47 Å². The van der Waals surface area contributed by atoms with Crippen LogP contribution in [-0.4, -0.2) is 41.8 Å². The summed E-state index contributed by atoms with van der Waals surface area (Å²) in [4.78, 5) is 26.1. The molecule has 22 heavy (non-hydrogen) atoms. The van der Waals surface area contributed by atoms with Crippen molar-refractivity contribution < 1.29 is 19.1 Å². The molecule has 0 N–H and O–H groups in total. The molecule has 1 amide bonds. The summed E-state index contributed by atoms with van der Waals surface area (Å²) in [7, 11) is 1.42. The second-order valence-corrected chi connectivity index (χ2v) is 7.52. The van der Waals surface area contributed by atoms with Gasteiger partial charge in [-0.3, -0.25) is 4.79 Å². The first-order valence-corrected chi connectivity index (χ1v) is 8.41. The van der Waals surface area contributed by atoms with Crippen molar-refractivity contribution in [2.45, 2.75) is 83.4 Å². The Balaban J connectivity index is 2.02. The highest BCUT2D eigenvalue weighted by Gasteiger charge is 2.44. The zero-order valence-corrected chi connectivity index (χ0v) is 14.3. The molecule has 0 aromatic rings. The lowest BCUT2D eigenvalue weighted by atomic mass is 9.78. The average molecular weight is 311 g/mol. The number of carbonyl (C=O) groups excluding carboxylic acids is 2. The molecule has 0 unspecified atom stereocenters. The minimum absolute atomic E-state index is 0.0662. The predicted molar refractivity (Wildman–Crippen MR) is 83.5 cm³/mol. The molecule has 2 saturated carbocycles. The van der Waals surface area contributed by atoms with Crippen LogP contribution in [0.3, 0.4) is 0 Å². The first kappa shape index (κ1) is 17.1. The summed E-state index contributed by atoms with van der Waals surface area (Å²) in [6.45, 7) is 5.67. The van der Waals surface area contributed by atoms with Crippen LogP contribution in [0.4, 0.5) is 4.79 Å². The summed E-state index contributed by atoms with van der Waals surface area (Å²) >= 11 is 0. The third-order valence-corrected chi connectivity index (χ3v) is 4.61. The predicted octanol–water partition coefficient (Wildman–Crippen LogP) is 3.51. The topological polar surface area (TPSA) is 55.8 Å². The van der Waals surface area contributed by atoms with Gasteiger partial charge in [0.15, 0.2) is 0 Å². The molecule has 126 valence electrons. The van der Waals surface area contributed by atoms with Crippen LogP contribution in [0.5, 0.6) is 0 Å². The lowest BCUT2D eigenvalue weighted by molar-refractivity contribution is -0.151. The smallest absolute Gasteiger partial charge is 0.410 e. The lowest BCUT2D eigenvalue weighted by Gasteiger charge is -2.46. The number of ether oxygens (including phenoxy) is 2. The van der Waals surface area contributed by atoms with Gasteiger partial charge in [-0.05, 0) is 46.5 Å². The third-order valence-electron chi connectivity index (χ3n) is 4.61. The number of carbonyl (C=O) groups is 2. The Morgan fingerprint density at radius 2 is 1.59 bits per heavy atom. The van der Waals surface area contributed by atoms with Crippen LogP contribution < -0.4 is 0 Å². The van der Waals surface area contributed by atoms with Crippen molar-refractivity contribution in [1.82, 2.24) is 4.90 Å². The molecule has 2 aliphatic carbocycles. The Morgan fingerprint density at radius 3 is 2.09 bits per heavy atom. The zero-order valence-electron chi connectivity index (χ0n) is 14.3. The molecule has 5 nitrogen and oxygen atoms in total. The van der Waals surface area contributed by atoms with E-state index in [1.165, 1.54) is 13.5 Å². The van der Waals surface area contributed by atoms with Gasteiger partial charge in [-0.2, -0.15) is 0 Å². The number of methoxy groups -OCH3 is 1. The standard InChI is InChI=1S/C17H29NO4/c1-17(2,3)22-16(20)18(13-8-6-5-7-9-13)14-10-12(11-14)15(19)21-4/h12-14H,5-11H2,1-4H3. The maximum Gasteiger partial charge on any atom is 0.410 e. The lowest BCUT2D eigenvalue weighted by Crippen LogP contribution is -2.55. The molecule has 0 atom stereocenters. The van der Waals surface area contributed by atoms with Gasteiger partial charge in [0.1, 0.15) is 5.60 Å². The van der Waals surface area contributed by atoms with E-state index in [2.05, 4.69) is 0 Å². The minimum atomic E-state index is -0.491. The number of nitrogens with zero attached hydrogens (tertiary/aromatic N) is 1. The second-order valence-electron chi connectivity index (χ2n) is 7.52. The SMILES string of the molecule is COC(=O)C1CC(N(C(=O)OC(C)(C)C)C2CCCCC2)C1. The van der Waals surface area contributed by atoms with Gasteiger partial charge < -0.3 is 14.4 Å². The van der Waals surface area contributed by atoms with Crippen LogP contribution in [0, 0.1) is 5.92 Å². The third kappa shape index (κ3) is 4.14. The van der Waals surface area contributed by atoms with Gasteiger partial charge in [-0.1, -0.05) is 19.3 Å². The quantitative estimate of drug-likeness (QED) is 0.748. The maximum absolute atomic E-state index is 12.6. The summed E-state index contributed by atoms with van der Waals surface area (Å²) in [5.74, 6) is -0.229. The highest BCUT2D eigenvalue weighted by molar-refractivity contribution is 5.75. The fourth-order valence-corrected chi connectivity index (χ4v) is 3.44. The summed E-state index contributed by atoms with van der Waals surface area (Å²) < 4.78 is 10.4. The van der Waals surface area contributed by atoms with Crippen LogP contribution in [0.1, 0.15) is 65.7 Å². The molecule has 2 aliphatic rings. The highest BCUT2D eigenvalue weighted by Crippen LogP contribution is 2.37. The van der Waals surface area contributed by atoms with Crippen molar-refractivity contribution in [1.29, 1.82) is 0 Å². The Labute approximate surface area is 133 Å². The molecule has 0 aliphatic heterocycles. The first-order valence-electron chi connectivity index (χ1n) is 8.41. The van der Waals surface area contributed by atoms with E-state index in [1.807, 2.05) is 25.7 Å². The van der Waals surface area contributed by atoms with E-state index in [0.717, 1.165) is 25.7 Å². The van der Waals surface area contributed by atoms with E-state index in [9.17, 15) is 9.59 Å². The van der Waals surface area contributed by atoms with Crippen LogP contribution >= 0.6 is 0 Å². The summed E-state index contributed by atoms with van der Waals surface area (Å²) in [6.07, 6.45) is 6.82. The van der Waals surface area contributed by atoms with Gasteiger partial charge in [0.05, 0.1) is 13.0 Å². The Kier molecular flexibility index (Phi) is 5.35. The summed E-state index contributed by atoms with van der Waals surface area (Å²) in [5.41, 5.74) is -0.491. The molecular weight excluding hydrogens is 282 g/mol. The van der Waals surface area contributed by atoms with Crippen molar-refractivity contribution in [3.8, 4) is 0 Å². The summed E-state index contributed by atoms with van der Waals surface area (Å²) in [6, 6.07) is 0.370. The first-order chi connectivity index (χ1) is 10.3. The average Bonchev–Trinajstić information content (AvgIpc) is 2.40. The zero-order chi connectivity index (χ0) is 16.3. The number of esters is 1. The molecule has 0 saturated heterocycles. The fourth-order valence-electron chi connectivity index (χ4n) is 3.44.